The van der Waals surface area contributed by atoms with Gasteiger partial charge >= 0.3 is 0 Å². The van der Waals surface area contributed by atoms with E-state index in [0.29, 0.717) is 42.4 Å². The first kappa shape index (κ1) is 20.2. The summed E-state index contributed by atoms with van der Waals surface area (Å²) in [4.78, 5) is 37.4. The van der Waals surface area contributed by atoms with Crippen LogP contribution in [0.2, 0.25) is 0 Å². The number of amides is 3. The van der Waals surface area contributed by atoms with Crippen molar-refractivity contribution in [3.05, 3.63) is 54.1 Å². The molecular formula is C21H23N3O5. The summed E-state index contributed by atoms with van der Waals surface area (Å²) < 4.78 is 10.9. The summed E-state index contributed by atoms with van der Waals surface area (Å²) in [6.07, 6.45) is 0.153. The van der Waals surface area contributed by atoms with Crippen molar-refractivity contribution in [2.24, 2.45) is 11.7 Å². The molecule has 2 aromatic rings. The molecule has 3 N–H and O–H groups in total. The highest BCUT2D eigenvalue weighted by Crippen LogP contribution is 2.26. The van der Waals surface area contributed by atoms with Gasteiger partial charge in [-0.3, -0.25) is 14.4 Å². The molecule has 0 bridgehead atoms. The molecule has 3 rings (SSSR count). The van der Waals surface area contributed by atoms with E-state index in [2.05, 4.69) is 5.32 Å². The van der Waals surface area contributed by atoms with Crippen LogP contribution in [-0.4, -0.2) is 49.4 Å². The highest BCUT2D eigenvalue weighted by Gasteiger charge is 2.34. The third kappa shape index (κ3) is 5.04. The average Bonchev–Trinajstić information content (AvgIpc) is 3.09. The summed E-state index contributed by atoms with van der Waals surface area (Å²) in [5.41, 5.74) is 6.11. The first-order valence-electron chi connectivity index (χ1n) is 9.22. The number of anilines is 1. The normalized spacial score (nSPS) is 15.8. The van der Waals surface area contributed by atoms with E-state index in [4.69, 9.17) is 15.2 Å². The molecule has 1 unspecified atom stereocenters. The summed E-state index contributed by atoms with van der Waals surface area (Å²) in [5.74, 6) is -0.0637. The summed E-state index contributed by atoms with van der Waals surface area (Å²) in [6, 6.07) is 13.6. The second kappa shape index (κ2) is 9.09. The Kier molecular flexibility index (Phi) is 6.33. The molecule has 152 valence electrons. The maximum Gasteiger partial charge on any atom is 0.248 e. The Labute approximate surface area is 168 Å². The molecule has 8 heteroatoms. The van der Waals surface area contributed by atoms with Crippen molar-refractivity contribution < 1.29 is 23.9 Å². The first-order valence-corrected chi connectivity index (χ1v) is 9.22. The van der Waals surface area contributed by atoms with E-state index in [1.807, 2.05) is 12.1 Å². The molecule has 0 spiro atoms. The lowest BCUT2D eigenvalue weighted by Crippen LogP contribution is -2.31. The second-order valence-electron chi connectivity index (χ2n) is 6.67. The largest absolute Gasteiger partial charge is 0.493 e. The van der Waals surface area contributed by atoms with Crippen LogP contribution in [0.3, 0.4) is 0 Å². The molecule has 1 aliphatic rings. The Balaban J connectivity index is 1.50. The van der Waals surface area contributed by atoms with Crippen LogP contribution in [0.1, 0.15) is 16.8 Å². The van der Waals surface area contributed by atoms with Crippen LogP contribution >= 0.6 is 0 Å². The predicted molar refractivity (Wildman–Crippen MR) is 107 cm³/mol. The van der Waals surface area contributed by atoms with E-state index < -0.39 is 11.8 Å². The van der Waals surface area contributed by atoms with Gasteiger partial charge in [0.2, 0.25) is 17.7 Å². The Morgan fingerprint density at radius 1 is 1.14 bits per heavy atom. The van der Waals surface area contributed by atoms with Gasteiger partial charge in [0.1, 0.15) is 6.61 Å². The number of likely N-dealkylation sites (tertiary alicyclic amines) is 1. The van der Waals surface area contributed by atoms with Crippen LogP contribution in [0.25, 0.3) is 0 Å². The number of hydrogen-bond acceptors (Lipinski definition) is 5. The minimum Gasteiger partial charge on any atom is -0.493 e. The van der Waals surface area contributed by atoms with Crippen LogP contribution in [-0.2, 0) is 9.59 Å². The maximum absolute atomic E-state index is 12.5. The standard InChI is InChI=1S/C21H23N3O5/c1-28-17-4-2-3-5-18(17)29-11-10-24-13-15(12-19(24)25)21(27)23-16-8-6-14(7-9-16)20(22)26/h2-9,15H,10-13H2,1H3,(H2,22,26)(H,23,27). The topological polar surface area (TPSA) is 111 Å². The molecule has 1 aliphatic heterocycles. The van der Waals surface area contributed by atoms with Crippen molar-refractivity contribution in [3.8, 4) is 11.5 Å². The molecule has 1 fully saturated rings. The molecule has 1 atom stereocenters. The van der Waals surface area contributed by atoms with Crippen molar-refractivity contribution in [2.45, 2.75) is 6.42 Å². The van der Waals surface area contributed by atoms with Gasteiger partial charge < -0.3 is 25.4 Å². The van der Waals surface area contributed by atoms with Gasteiger partial charge in [0, 0.05) is 24.2 Å². The van der Waals surface area contributed by atoms with Crippen molar-refractivity contribution in [1.82, 2.24) is 4.90 Å². The number of methoxy groups -OCH3 is 1. The quantitative estimate of drug-likeness (QED) is 0.704. The number of primary amides is 1. The van der Waals surface area contributed by atoms with Crippen LogP contribution in [0.4, 0.5) is 5.69 Å². The minimum absolute atomic E-state index is 0.0853. The maximum atomic E-state index is 12.5. The molecule has 0 radical (unpaired) electrons. The SMILES string of the molecule is COc1ccccc1OCCN1CC(C(=O)Nc2ccc(C(N)=O)cc2)CC1=O. The minimum atomic E-state index is -0.532. The first-order chi connectivity index (χ1) is 14.0. The number of rotatable bonds is 8. The third-order valence-electron chi connectivity index (χ3n) is 4.71. The van der Waals surface area contributed by atoms with Gasteiger partial charge in [-0.2, -0.15) is 0 Å². The molecule has 8 nitrogen and oxygen atoms in total. The number of nitrogens with zero attached hydrogens (tertiary/aromatic N) is 1. The van der Waals surface area contributed by atoms with E-state index in [1.54, 1.807) is 48.4 Å². The molecule has 0 aliphatic carbocycles. The van der Waals surface area contributed by atoms with Crippen LogP contribution in [0.15, 0.2) is 48.5 Å². The van der Waals surface area contributed by atoms with Crippen molar-refractivity contribution in [1.29, 1.82) is 0 Å². The highest BCUT2D eigenvalue weighted by molar-refractivity contribution is 5.98. The van der Waals surface area contributed by atoms with Gasteiger partial charge in [-0.15, -0.1) is 0 Å². The lowest BCUT2D eigenvalue weighted by molar-refractivity contribution is -0.128. The lowest BCUT2D eigenvalue weighted by Gasteiger charge is -2.17. The number of carbonyl (C=O) groups is 3. The molecule has 0 saturated carbocycles. The zero-order valence-corrected chi connectivity index (χ0v) is 16.1. The summed E-state index contributed by atoms with van der Waals surface area (Å²) in [6.45, 7) is 1.02. The van der Waals surface area contributed by atoms with Gasteiger partial charge in [0.05, 0.1) is 19.6 Å². The van der Waals surface area contributed by atoms with E-state index in [1.165, 1.54) is 0 Å². The molecule has 1 saturated heterocycles. The van der Waals surface area contributed by atoms with Gasteiger partial charge in [-0.05, 0) is 36.4 Å². The lowest BCUT2D eigenvalue weighted by atomic mass is 10.1. The fourth-order valence-electron chi connectivity index (χ4n) is 3.13. The zero-order chi connectivity index (χ0) is 20.8. The molecular weight excluding hydrogens is 374 g/mol. The van der Waals surface area contributed by atoms with Crippen molar-refractivity contribution in [2.75, 3.05) is 32.1 Å². The fraction of sp³-hybridized carbons (Fsp3) is 0.286. The molecule has 0 aromatic heterocycles. The summed E-state index contributed by atoms with van der Waals surface area (Å²) in [7, 11) is 1.57. The number of nitrogens with one attached hydrogen (secondary N) is 1. The van der Waals surface area contributed by atoms with Gasteiger partial charge in [0.25, 0.3) is 0 Å². The Morgan fingerprint density at radius 2 is 1.83 bits per heavy atom. The summed E-state index contributed by atoms with van der Waals surface area (Å²) >= 11 is 0. The predicted octanol–water partition coefficient (Wildman–Crippen LogP) is 1.66. The highest BCUT2D eigenvalue weighted by atomic mass is 16.5. The number of hydrogen-bond donors (Lipinski definition) is 2. The van der Waals surface area contributed by atoms with Crippen LogP contribution in [0.5, 0.6) is 11.5 Å². The van der Waals surface area contributed by atoms with Crippen molar-refractivity contribution >= 4 is 23.4 Å². The van der Waals surface area contributed by atoms with Gasteiger partial charge in [-0.1, -0.05) is 12.1 Å². The Bertz CT molecular complexity index is 897. The zero-order valence-electron chi connectivity index (χ0n) is 16.1. The molecule has 3 amide bonds. The Morgan fingerprint density at radius 3 is 2.48 bits per heavy atom. The second-order valence-corrected chi connectivity index (χ2v) is 6.67. The van der Waals surface area contributed by atoms with Gasteiger partial charge in [-0.25, -0.2) is 0 Å². The Hall–Kier alpha value is -3.55. The van der Waals surface area contributed by atoms with E-state index in [0.717, 1.165) is 0 Å². The van der Waals surface area contributed by atoms with Crippen molar-refractivity contribution in [3.63, 3.8) is 0 Å². The average molecular weight is 397 g/mol. The molecule has 1 heterocycles. The van der Waals surface area contributed by atoms with Crippen LogP contribution in [0, 0.1) is 5.92 Å². The van der Waals surface area contributed by atoms with Crippen LogP contribution < -0.4 is 20.5 Å². The summed E-state index contributed by atoms with van der Waals surface area (Å²) in [5, 5.41) is 2.77. The number of carbonyl (C=O) groups excluding carboxylic acids is 3. The van der Waals surface area contributed by atoms with Gasteiger partial charge in [0.15, 0.2) is 11.5 Å². The monoisotopic (exact) mass is 397 g/mol. The third-order valence-corrected chi connectivity index (χ3v) is 4.71. The number of benzene rings is 2. The molecule has 29 heavy (non-hydrogen) atoms. The fourth-order valence-corrected chi connectivity index (χ4v) is 3.13. The van der Waals surface area contributed by atoms with E-state index in [-0.39, 0.29) is 18.2 Å². The van der Waals surface area contributed by atoms with E-state index in [9.17, 15) is 14.4 Å². The number of nitrogens with two attached hydrogens (primary N) is 1. The number of para-hydroxylation sites is 2. The molecule has 2 aromatic carbocycles. The van der Waals surface area contributed by atoms with E-state index >= 15 is 0 Å². The smallest absolute Gasteiger partial charge is 0.248 e. The number of ether oxygens (including phenoxy) is 2.